The van der Waals surface area contributed by atoms with Crippen molar-refractivity contribution in [1.82, 2.24) is 15.1 Å². The third-order valence-electron chi connectivity index (χ3n) is 2.91. The first-order valence-electron chi connectivity index (χ1n) is 6.25. The highest BCUT2D eigenvalue weighted by molar-refractivity contribution is 9.10. The number of aromatic nitrogens is 2. The van der Waals surface area contributed by atoms with Crippen LogP contribution in [0.4, 0.5) is 0 Å². The van der Waals surface area contributed by atoms with Crippen LogP contribution in [0.25, 0.3) is 0 Å². The molecule has 0 saturated heterocycles. The maximum Gasteiger partial charge on any atom is 0.198 e. The number of hydrogen-bond acceptors (Lipinski definition) is 3. The molecule has 0 spiro atoms. The van der Waals surface area contributed by atoms with E-state index in [2.05, 4.69) is 47.1 Å². The van der Waals surface area contributed by atoms with E-state index >= 15 is 0 Å². The van der Waals surface area contributed by atoms with Gasteiger partial charge in [0.1, 0.15) is 0 Å². The molecule has 1 N–H and O–H groups in total. The van der Waals surface area contributed by atoms with Gasteiger partial charge in [0.2, 0.25) is 0 Å². The van der Waals surface area contributed by atoms with E-state index in [1.54, 1.807) is 6.26 Å². The standard InChI is InChI=1S/C13H17BrClN3O/c1-4-16-11(9-5-6-19-13(9)15)12-10(14)7-17-18(12)8(2)3/h5-8,11,16H,4H2,1-3H3. The number of halogens is 2. The number of hydrogen-bond donors (Lipinski definition) is 1. The van der Waals surface area contributed by atoms with Crippen molar-refractivity contribution in [3.05, 3.63) is 39.5 Å². The highest BCUT2D eigenvalue weighted by Gasteiger charge is 2.25. The summed E-state index contributed by atoms with van der Waals surface area (Å²) in [6, 6.07) is 2.11. The van der Waals surface area contributed by atoms with Gasteiger partial charge in [-0.3, -0.25) is 4.68 Å². The van der Waals surface area contributed by atoms with Gasteiger partial charge in [-0.15, -0.1) is 0 Å². The van der Waals surface area contributed by atoms with Crippen molar-refractivity contribution in [2.75, 3.05) is 6.54 Å². The zero-order valence-corrected chi connectivity index (χ0v) is 13.5. The Morgan fingerprint density at radius 3 is 2.79 bits per heavy atom. The van der Waals surface area contributed by atoms with Gasteiger partial charge in [-0.25, -0.2) is 0 Å². The van der Waals surface area contributed by atoms with Crippen LogP contribution in [-0.2, 0) is 0 Å². The average molecular weight is 347 g/mol. The molecule has 0 saturated carbocycles. The normalized spacial score (nSPS) is 13.2. The second-order valence-corrected chi connectivity index (χ2v) is 5.75. The first-order chi connectivity index (χ1) is 9.06. The van der Waals surface area contributed by atoms with Crippen LogP contribution in [0, 0.1) is 0 Å². The van der Waals surface area contributed by atoms with Crippen LogP contribution in [0.1, 0.15) is 44.1 Å². The van der Waals surface area contributed by atoms with Crippen molar-refractivity contribution in [2.45, 2.75) is 32.9 Å². The van der Waals surface area contributed by atoms with E-state index in [0.29, 0.717) is 5.22 Å². The van der Waals surface area contributed by atoms with Crippen molar-refractivity contribution in [2.24, 2.45) is 0 Å². The Hall–Kier alpha value is -0.780. The van der Waals surface area contributed by atoms with Gasteiger partial charge in [-0.05, 0) is 54.0 Å². The maximum absolute atomic E-state index is 6.12. The topological polar surface area (TPSA) is 43.0 Å². The fourth-order valence-electron chi connectivity index (χ4n) is 2.10. The Kier molecular flexibility index (Phi) is 4.71. The van der Waals surface area contributed by atoms with Gasteiger partial charge in [-0.2, -0.15) is 5.10 Å². The van der Waals surface area contributed by atoms with Crippen LogP contribution in [0.2, 0.25) is 5.22 Å². The minimum atomic E-state index is -0.0458. The summed E-state index contributed by atoms with van der Waals surface area (Å²) in [7, 11) is 0. The van der Waals surface area contributed by atoms with E-state index < -0.39 is 0 Å². The van der Waals surface area contributed by atoms with E-state index in [4.69, 9.17) is 16.0 Å². The first kappa shape index (κ1) is 14.6. The van der Waals surface area contributed by atoms with Gasteiger partial charge >= 0.3 is 0 Å². The summed E-state index contributed by atoms with van der Waals surface area (Å²) in [5.41, 5.74) is 1.98. The summed E-state index contributed by atoms with van der Waals surface area (Å²) in [5.74, 6) is 0. The van der Waals surface area contributed by atoms with Crippen LogP contribution < -0.4 is 5.32 Å². The molecule has 0 aliphatic carbocycles. The zero-order valence-electron chi connectivity index (χ0n) is 11.2. The second kappa shape index (κ2) is 6.11. The van der Waals surface area contributed by atoms with E-state index in [1.165, 1.54) is 0 Å². The molecular weight excluding hydrogens is 330 g/mol. The molecule has 2 rings (SSSR count). The predicted molar refractivity (Wildman–Crippen MR) is 79.5 cm³/mol. The number of furan rings is 1. The van der Waals surface area contributed by atoms with Gasteiger partial charge < -0.3 is 9.73 Å². The monoisotopic (exact) mass is 345 g/mol. The number of nitrogens with one attached hydrogen (secondary N) is 1. The number of nitrogens with zero attached hydrogens (tertiary/aromatic N) is 2. The third-order valence-corrected chi connectivity index (χ3v) is 3.83. The van der Waals surface area contributed by atoms with Gasteiger partial charge in [0.25, 0.3) is 0 Å². The van der Waals surface area contributed by atoms with E-state index in [-0.39, 0.29) is 12.1 Å². The lowest BCUT2D eigenvalue weighted by Crippen LogP contribution is -2.25. The largest absolute Gasteiger partial charge is 0.453 e. The van der Waals surface area contributed by atoms with Crippen LogP contribution in [0.5, 0.6) is 0 Å². The zero-order chi connectivity index (χ0) is 14.0. The van der Waals surface area contributed by atoms with Crippen LogP contribution in [-0.4, -0.2) is 16.3 Å². The lowest BCUT2D eigenvalue weighted by Gasteiger charge is -2.21. The molecule has 4 nitrogen and oxygen atoms in total. The van der Waals surface area contributed by atoms with Gasteiger partial charge in [0.15, 0.2) is 5.22 Å². The van der Waals surface area contributed by atoms with Crippen molar-refractivity contribution in [3.63, 3.8) is 0 Å². The Balaban J connectivity index is 2.51. The molecule has 1 unspecified atom stereocenters. The summed E-state index contributed by atoms with van der Waals surface area (Å²) >= 11 is 9.69. The Morgan fingerprint density at radius 1 is 1.53 bits per heavy atom. The Bertz CT molecular complexity index is 550. The molecule has 2 heterocycles. The minimum Gasteiger partial charge on any atom is -0.453 e. The molecule has 0 fully saturated rings. The van der Waals surface area contributed by atoms with Crippen LogP contribution >= 0.6 is 27.5 Å². The minimum absolute atomic E-state index is 0.0458. The Labute approximate surface area is 126 Å². The molecule has 19 heavy (non-hydrogen) atoms. The molecule has 0 aliphatic rings. The van der Waals surface area contributed by atoms with E-state index in [9.17, 15) is 0 Å². The molecule has 1 atom stereocenters. The SMILES string of the molecule is CCNC(c1ccoc1Cl)c1c(Br)cnn1C(C)C. The quantitative estimate of drug-likeness (QED) is 0.883. The van der Waals surface area contributed by atoms with Gasteiger partial charge in [-0.1, -0.05) is 6.92 Å². The third kappa shape index (κ3) is 2.88. The fourth-order valence-corrected chi connectivity index (χ4v) is 2.83. The first-order valence-corrected chi connectivity index (χ1v) is 7.42. The van der Waals surface area contributed by atoms with Crippen molar-refractivity contribution in [3.8, 4) is 0 Å². The Morgan fingerprint density at radius 2 is 2.26 bits per heavy atom. The highest BCUT2D eigenvalue weighted by atomic mass is 79.9. The molecule has 0 aromatic carbocycles. The molecule has 2 aromatic rings. The summed E-state index contributed by atoms with van der Waals surface area (Å²) in [5, 5.41) is 8.25. The number of rotatable bonds is 5. The lowest BCUT2D eigenvalue weighted by atomic mass is 10.1. The van der Waals surface area contributed by atoms with Crippen LogP contribution in [0.3, 0.4) is 0 Å². The molecular formula is C13H17BrClN3O. The fraction of sp³-hybridized carbons (Fsp3) is 0.462. The molecule has 2 aromatic heterocycles. The van der Waals surface area contributed by atoms with E-state index in [0.717, 1.165) is 22.3 Å². The van der Waals surface area contributed by atoms with Crippen molar-refractivity contribution >= 4 is 27.5 Å². The molecule has 0 aliphatic heterocycles. The predicted octanol–water partition coefficient (Wildman–Crippen LogP) is 4.17. The molecule has 0 amide bonds. The second-order valence-electron chi connectivity index (χ2n) is 4.56. The summed E-state index contributed by atoms with van der Waals surface area (Å²) in [6.45, 7) is 7.08. The summed E-state index contributed by atoms with van der Waals surface area (Å²) < 4.78 is 8.16. The summed E-state index contributed by atoms with van der Waals surface area (Å²) in [6.07, 6.45) is 3.42. The molecule has 6 heteroatoms. The maximum atomic E-state index is 6.12. The van der Waals surface area contributed by atoms with Crippen molar-refractivity contribution < 1.29 is 4.42 Å². The average Bonchev–Trinajstić information content (AvgIpc) is 2.93. The molecule has 104 valence electrons. The van der Waals surface area contributed by atoms with Gasteiger partial charge in [0, 0.05) is 11.6 Å². The van der Waals surface area contributed by atoms with E-state index in [1.807, 2.05) is 16.9 Å². The van der Waals surface area contributed by atoms with Gasteiger partial charge in [0.05, 0.1) is 28.7 Å². The molecule has 0 radical (unpaired) electrons. The van der Waals surface area contributed by atoms with Crippen LogP contribution in [0.15, 0.2) is 27.4 Å². The highest BCUT2D eigenvalue weighted by Crippen LogP contribution is 2.34. The lowest BCUT2D eigenvalue weighted by molar-refractivity contribution is 0.472. The van der Waals surface area contributed by atoms with Crippen molar-refractivity contribution in [1.29, 1.82) is 0 Å². The molecule has 0 bridgehead atoms. The summed E-state index contributed by atoms with van der Waals surface area (Å²) in [4.78, 5) is 0. The smallest absolute Gasteiger partial charge is 0.198 e.